The Labute approximate surface area is 207 Å². The van der Waals surface area contributed by atoms with Crippen LogP contribution in [0.3, 0.4) is 0 Å². The molecule has 4 rings (SSSR count). The van der Waals surface area contributed by atoms with Gasteiger partial charge in [0, 0.05) is 21.5 Å². The summed E-state index contributed by atoms with van der Waals surface area (Å²) in [5.41, 5.74) is 1.91. The first-order valence-electron chi connectivity index (χ1n) is 10.0. The number of thiocarbonyl (C=S) groups is 1. The average Bonchev–Trinajstić information content (AvgIpc) is 3.03. The van der Waals surface area contributed by atoms with E-state index < -0.39 is 23.6 Å². The molecule has 0 aliphatic carbocycles. The molecule has 5 nitrogen and oxygen atoms in total. The van der Waals surface area contributed by atoms with Gasteiger partial charge in [-0.15, -0.1) is 0 Å². The van der Waals surface area contributed by atoms with E-state index in [1.54, 1.807) is 0 Å². The Morgan fingerprint density at radius 2 is 1.68 bits per heavy atom. The Hall–Kier alpha value is -3.24. The van der Waals surface area contributed by atoms with Crippen molar-refractivity contribution >= 4 is 56.8 Å². The molecule has 0 radical (unpaired) electrons. The number of hydrogen-bond acceptors (Lipinski definition) is 3. The van der Waals surface area contributed by atoms with Crippen LogP contribution in [0.4, 0.5) is 18.9 Å². The van der Waals surface area contributed by atoms with E-state index in [0.29, 0.717) is 5.56 Å². The van der Waals surface area contributed by atoms with Crippen molar-refractivity contribution in [2.75, 3.05) is 4.90 Å². The van der Waals surface area contributed by atoms with E-state index in [-0.39, 0.29) is 16.4 Å². The van der Waals surface area contributed by atoms with Gasteiger partial charge in [0.2, 0.25) is 0 Å². The highest BCUT2D eigenvalue weighted by molar-refractivity contribution is 9.10. The van der Waals surface area contributed by atoms with E-state index in [4.69, 9.17) is 12.2 Å². The Kier molecular flexibility index (Phi) is 6.22. The zero-order valence-corrected chi connectivity index (χ0v) is 20.3. The van der Waals surface area contributed by atoms with E-state index in [1.165, 1.54) is 18.2 Å². The summed E-state index contributed by atoms with van der Waals surface area (Å²) in [6.45, 7) is 3.74. The van der Waals surface area contributed by atoms with Crippen LogP contribution >= 0.6 is 28.1 Å². The van der Waals surface area contributed by atoms with Crippen molar-refractivity contribution in [3.05, 3.63) is 87.2 Å². The second kappa shape index (κ2) is 8.84. The van der Waals surface area contributed by atoms with Crippen LogP contribution < -0.4 is 10.2 Å². The second-order valence-corrected chi connectivity index (χ2v) is 8.95. The van der Waals surface area contributed by atoms with Gasteiger partial charge in [0.05, 0.1) is 11.3 Å². The molecule has 0 bridgehead atoms. The van der Waals surface area contributed by atoms with E-state index in [0.717, 1.165) is 38.6 Å². The molecule has 3 aromatic rings. The zero-order chi connectivity index (χ0) is 24.8. The number of carbonyl (C=O) groups excluding carboxylic acids is 2. The van der Waals surface area contributed by atoms with Crippen LogP contribution in [-0.4, -0.2) is 21.5 Å². The molecule has 174 valence electrons. The maximum Gasteiger partial charge on any atom is 0.416 e. The lowest BCUT2D eigenvalue weighted by Gasteiger charge is -2.29. The lowest BCUT2D eigenvalue weighted by molar-refractivity contribution is -0.137. The predicted octanol–water partition coefficient (Wildman–Crippen LogP) is 5.71. The fraction of sp³-hybridized carbons (Fsp3) is 0.125. The summed E-state index contributed by atoms with van der Waals surface area (Å²) in [6, 6.07) is 13.7. The monoisotopic (exact) mass is 547 g/mol. The lowest BCUT2D eigenvalue weighted by Crippen LogP contribution is -2.54. The minimum Gasteiger partial charge on any atom is -0.318 e. The molecule has 1 aliphatic heterocycles. The van der Waals surface area contributed by atoms with Crippen LogP contribution in [0.15, 0.2) is 64.6 Å². The molecule has 0 unspecified atom stereocenters. The minimum absolute atomic E-state index is 0.0877. The maximum atomic E-state index is 13.2. The molecule has 2 aromatic carbocycles. The number of hydrogen-bond donors (Lipinski definition) is 1. The number of aryl methyl sites for hydroxylation is 1. The van der Waals surface area contributed by atoms with E-state index in [9.17, 15) is 22.8 Å². The number of alkyl halides is 3. The van der Waals surface area contributed by atoms with Crippen molar-refractivity contribution in [1.82, 2.24) is 9.88 Å². The SMILES string of the molecule is Cc1cc(/C=C2\C(=O)NC(=S)N(c3cccc(C(F)(F)F)c3)C2=O)c(C)n1-c1cccc(Br)c1. The molecular formula is C24H17BrF3N3O2S. The first-order chi connectivity index (χ1) is 16.0. The van der Waals surface area contributed by atoms with Gasteiger partial charge in [-0.25, -0.2) is 0 Å². The number of carbonyl (C=O) groups is 2. The van der Waals surface area contributed by atoms with Crippen LogP contribution in [0, 0.1) is 13.8 Å². The molecule has 1 saturated heterocycles. The number of anilines is 1. The minimum atomic E-state index is -4.59. The summed E-state index contributed by atoms with van der Waals surface area (Å²) < 4.78 is 42.4. The van der Waals surface area contributed by atoms with Gasteiger partial charge in [-0.1, -0.05) is 28.1 Å². The Bertz CT molecular complexity index is 1380. The highest BCUT2D eigenvalue weighted by Gasteiger charge is 2.36. The van der Waals surface area contributed by atoms with E-state index in [1.807, 2.05) is 48.7 Å². The molecular weight excluding hydrogens is 531 g/mol. The van der Waals surface area contributed by atoms with Crippen molar-refractivity contribution in [2.45, 2.75) is 20.0 Å². The topological polar surface area (TPSA) is 54.3 Å². The van der Waals surface area contributed by atoms with Crippen LogP contribution in [-0.2, 0) is 15.8 Å². The van der Waals surface area contributed by atoms with Crippen molar-refractivity contribution in [1.29, 1.82) is 0 Å². The molecule has 2 heterocycles. The highest BCUT2D eigenvalue weighted by Crippen LogP contribution is 2.33. The Morgan fingerprint density at radius 1 is 1.00 bits per heavy atom. The fourth-order valence-electron chi connectivity index (χ4n) is 3.82. The second-order valence-electron chi connectivity index (χ2n) is 7.65. The van der Waals surface area contributed by atoms with Gasteiger partial charge in [-0.3, -0.25) is 19.8 Å². The molecule has 2 amide bonds. The van der Waals surface area contributed by atoms with Gasteiger partial charge in [0.25, 0.3) is 11.8 Å². The number of rotatable bonds is 3. The van der Waals surface area contributed by atoms with Gasteiger partial charge >= 0.3 is 6.18 Å². The summed E-state index contributed by atoms with van der Waals surface area (Å²) in [5.74, 6) is -1.52. The maximum absolute atomic E-state index is 13.2. The van der Waals surface area contributed by atoms with Crippen molar-refractivity contribution in [2.24, 2.45) is 0 Å². The van der Waals surface area contributed by atoms with E-state index >= 15 is 0 Å². The van der Waals surface area contributed by atoms with Crippen molar-refractivity contribution in [3.63, 3.8) is 0 Å². The Morgan fingerprint density at radius 3 is 2.35 bits per heavy atom. The number of nitrogens with one attached hydrogen (secondary N) is 1. The third-order valence-corrected chi connectivity index (χ3v) is 6.15. The Balaban J connectivity index is 1.76. The summed E-state index contributed by atoms with van der Waals surface area (Å²) in [5, 5.41) is 2.12. The normalized spacial score (nSPS) is 15.8. The smallest absolute Gasteiger partial charge is 0.318 e. The van der Waals surface area contributed by atoms with Crippen LogP contribution in [0.5, 0.6) is 0 Å². The summed E-state index contributed by atoms with van der Waals surface area (Å²) >= 11 is 8.55. The molecule has 1 aromatic heterocycles. The number of nitrogens with zero attached hydrogens (tertiary/aromatic N) is 2. The third kappa shape index (κ3) is 4.43. The largest absolute Gasteiger partial charge is 0.416 e. The van der Waals surface area contributed by atoms with Gasteiger partial charge in [-0.05, 0) is 80.2 Å². The molecule has 0 saturated carbocycles. The quantitative estimate of drug-likeness (QED) is 0.260. The highest BCUT2D eigenvalue weighted by atomic mass is 79.9. The molecule has 10 heteroatoms. The van der Waals surface area contributed by atoms with Gasteiger partial charge in [0.15, 0.2) is 5.11 Å². The summed E-state index contributed by atoms with van der Waals surface area (Å²) in [4.78, 5) is 26.8. The molecule has 0 atom stereocenters. The fourth-order valence-corrected chi connectivity index (χ4v) is 4.48. The standard InChI is InChI=1S/C24H17BrF3N3O2S/c1-13-9-15(14(2)30(13)19-8-4-6-17(25)12-19)10-20-21(32)29-23(34)31(22(20)33)18-7-3-5-16(11-18)24(26,27)28/h3-12H,1-2H3,(H,29,32,34)/b20-10+. The van der Waals surface area contributed by atoms with Gasteiger partial charge in [0.1, 0.15) is 5.57 Å². The zero-order valence-electron chi connectivity index (χ0n) is 17.9. The molecule has 1 fully saturated rings. The van der Waals surface area contributed by atoms with E-state index in [2.05, 4.69) is 21.2 Å². The number of aromatic nitrogens is 1. The first kappa shape index (κ1) is 23.9. The van der Waals surface area contributed by atoms with Crippen molar-refractivity contribution in [3.8, 4) is 5.69 Å². The first-order valence-corrected chi connectivity index (χ1v) is 11.2. The van der Waals surface area contributed by atoms with Crippen molar-refractivity contribution < 1.29 is 22.8 Å². The molecule has 1 N–H and O–H groups in total. The van der Waals surface area contributed by atoms with Crippen LogP contribution in [0.2, 0.25) is 0 Å². The van der Waals surface area contributed by atoms with Crippen LogP contribution in [0.1, 0.15) is 22.5 Å². The third-order valence-electron chi connectivity index (χ3n) is 5.37. The summed E-state index contributed by atoms with van der Waals surface area (Å²) in [6.07, 6.45) is -3.17. The number of amides is 2. The molecule has 1 aliphatic rings. The number of halogens is 4. The molecule has 34 heavy (non-hydrogen) atoms. The summed E-state index contributed by atoms with van der Waals surface area (Å²) in [7, 11) is 0. The van der Waals surface area contributed by atoms with Crippen LogP contribution in [0.25, 0.3) is 11.8 Å². The predicted molar refractivity (Wildman–Crippen MR) is 131 cm³/mol. The number of benzene rings is 2. The molecule has 0 spiro atoms. The van der Waals surface area contributed by atoms with Gasteiger partial charge < -0.3 is 4.57 Å². The van der Waals surface area contributed by atoms with Gasteiger partial charge in [-0.2, -0.15) is 13.2 Å². The average molecular weight is 548 g/mol. The lowest BCUT2D eigenvalue weighted by atomic mass is 10.1.